The Morgan fingerprint density at radius 3 is 2.62 bits per heavy atom. The molecule has 0 spiro atoms. The summed E-state index contributed by atoms with van der Waals surface area (Å²) in [5, 5.41) is 4.55. The van der Waals surface area contributed by atoms with Gasteiger partial charge in [-0.2, -0.15) is 0 Å². The summed E-state index contributed by atoms with van der Waals surface area (Å²) in [6.07, 6.45) is 4.94. The number of para-hydroxylation sites is 1. The molecule has 0 aliphatic heterocycles. The van der Waals surface area contributed by atoms with Crippen LogP contribution in [0.15, 0.2) is 40.3 Å². The van der Waals surface area contributed by atoms with Crippen molar-refractivity contribution in [2.24, 2.45) is 0 Å². The quantitative estimate of drug-likeness (QED) is 0.138. The first kappa shape index (κ1) is 25.7. The molecule has 10 heteroatoms. The lowest BCUT2D eigenvalue weighted by molar-refractivity contribution is -0.113. The van der Waals surface area contributed by atoms with Crippen LogP contribution in [-0.2, 0) is 22.4 Å². The molecule has 0 unspecified atom stereocenters. The monoisotopic (exact) mass is 553 g/mol. The number of thiophene rings is 2. The van der Waals surface area contributed by atoms with Gasteiger partial charge in [-0.15, -0.1) is 22.7 Å². The second kappa shape index (κ2) is 10.8. The fraction of sp³-hybridized carbons (Fsp3) is 0.333. The lowest BCUT2D eigenvalue weighted by Crippen LogP contribution is -2.23. The largest absolute Gasteiger partial charge is 0.465 e. The highest BCUT2D eigenvalue weighted by Crippen LogP contribution is 2.38. The molecule has 1 N–H and O–H groups in total. The van der Waals surface area contributed by atoms with Crippen LogP contribution in [0.1, 0.15) is 50.5 Å². The molecule has 1 aliphatic rings. The van der Waals surface area contributed by atoms with Crippen molar-refractivity contribution >= 4 is 61.5 Å². The molecule has 1 aliphatic carbocycles. The molecule has 0 saturated heterocycles. The Morgan fingerprint density at radius 1 is 1.11 bits per heavy atom. The van der Waals surface area contributed by atoms with Gasteiger partial charge in [0.1, 0.15) is 9.83 Å². The molecule has 37 heavy (non-hydrogen) atoms. The molecule has 3 aromatic heterocycles. The molecule has 1 amide bonds. The maximum absolute atomic E-state index is 13.6. The van der Waals surface area contributed by atoms with Gasteiger partial charge in [0.05, 0.1) is 29.5 Å². The van der Waals surface area contributed by atoms with Crippen LogP contribution in [-0.4, -0.2) is 34.3 Å². The number of thioether (sulfide) groups is 1. The number of hydrogen-bond acceptors (Lipinski definition) is 8. The van der Waals surface area contributed by atoms with E-state index >= 15 is 0 Å². The average molecular weight is 554 g/mol. The van der Waals surface area contributed by atoms with Gasteiger partial charge >= 0.3 is 5.97 Å². The second-order valence-electron chi connectivity index (χ2n) is 8.93. The van der Waals surface area contributed by atoms with Crippen molar-refractivity contribution in [2.75, 3.05) is 18.2 Å². The van der Waals surface area contributed by atoms with Gasteiger partial charge in [0.15, 0.2) is 5.16 Å². The van der Waals surface area contributed by atoms with Crippen molar-refractivity contribution in [1.82, 2.24) is 9.55 Å². The SMILES string of the molecule is COC(=O)c1c(NC(=O)CSc2nc3sc(C)c(C)c3c(=O)n2-c2ccccc2)sc2c1CCCCC2. The third-order valence-electron chi connectivity index (χ3n) is 6.58. The van der Waals surface area contributed by atoms with E-state index in [2.05, 4.69) is 5.32 Å². The molecular weight excluding hydrogens is 527 g/mol. The third kappa shape index (κ3) is 4.97. The number of carbonyl (C=O) groups is 2. The van der Waals surface area contributed by atoms with E-state index in [4.69, 9.17) is 9.72 Å². The van der Waals surface area contributed by atoms with Crippen molar-refractivity contribution in [3.05, 3.63) is 67.1 Å². The Morgan fingerprint density at radius 2 is 1.86 bits per heavy atom. The minimum Gasteiger partial charge on any atom is -0.465 e. The van der Waals surface area contributed by atoms with E-state index in [1.165, 1.54) is 41.5 Å². The number of benzene rings is 1. The summed E-state index contributed by atoms with van der Waals surface area (Å²) in [6.45, 7) is 3.92. The zero-order valence-corrected chi connectivity index (χ0v) is 23.3. The Hall–Kier alpha value is -2.95. The molecule has 4 aromatic rings. The fourth-order valence-electron chi connectivity index (χ4n) is 4.62. The fourth-order valence-corrected chi connectivity index (χ4v) is 7.80. The van der Waals surface area contributed by atoms with Crippen molar-refractivity contribution in [2.45, 2.75) is 51.1 Å². The zero-order chi connectivity index (χ0) is 26.1. The van der Waals surface area contributed by atoms with Crippen LogP contribution in [0.5, 0.6) is 0 Å². The number of fused-ring (bicyclic) bond motifs is 2. The summed E-state index contributed by atoms with van der Waals surface area (Å²) in [6, 6.07) is 9.34. The third-order valence-corrected chi connectivity index (χ3v) is 9.83. The second-order valence-corrected chi connectivity index (χ2v) is 12.2. The van der Waals surface area contributed by atoms with Crippen molar-refractivity contribution in [3.8, 4) is 5.69 Å². The molecular formula is C27H27N3O4S3. The van der Waals surface area contributed by atoms with Gasteiger partial charge in [0.25, 0.3) is 5.56 Å². The number of nitrogens with zero attached hydrogens (tertiary/aromatic N) is 2. The lowest BCUT2D eigenvalue weighted by Gasteiger charge is -2.12. The van der Waals surface area contributed by atoms with E-state index in [9.17, 15) is 14.4 Å². The van der Waals surface area contributed by atoms with Gasteiger partial charge in [0, 0.05) is 9.75 Å². The molecule has 0 bridgehead atoms. The predicted octanol–water partition coefficient (Wildman–Crippen LogP) is 5.91. The lowest BCUT2D eigenvalue weighted by atomic mass is 10.1. The van der Waals surface area contributed by atoms with Crippen molar-refractivity contribution in [3.63, 3.8) is 0 Å². The summed E-state index contributed by atoms with van der Waals surface area (Å²) in [5.74, 6) is -0.646. The highest BCUT2D eigenvalue weighted by Gasteiger charge is 2.26. The van der Waals surface area contributed by atoms with Crippen molar-refractivity contribution < 1.29 is 14.3 Å². The molecule has 1 aromatic carbocycles. The van der Waals surface area contributed by atoms with Gasteiger partial charge in [0.2, 0.25) is 5.91 Å². The Labute approximate surface area is 226 Å². The van der Waals surface area contributed by atoms with Gasteiger partial charge in [-0.3, -0.25) is 14.2 Å². The van der Waals surface area contributed by atoms with E-state index < -0.39 is 5.97 Å². The predicted molar refractivity (Wildman–Crippen MR) is 151 cm³/mol. The molecule has 0 atom stereocenters. The van der Waals surface area contributed by atoms with Gasteiger partial charge in [-0.25, -0.2) is 9.78 Å². The Balaban J connectivity index is 1.45. The van der Waals surface area contributed by atoms with Crippen LogP contribution in [0.3, 0.4) is 0 Å². The van der Waals surface area contributed by atoms with E-state index in [0.29, 0.717) is 31.6 Å². The number of esters is 1. The van der Waals surface area contributed by atoms with E-state index in [1.807, 2.05) is 44.2 Å². The number of rotatable bonds is 6. The van der Waals surface area contributed by atoms with Crippen LogP contribution >= 0.6 is 34.4 Å². The summed E-state index contributed by atoms with van der Waals surface area (Å²) < 4.78 is 6.62. The Kier molecular flexibility index (Phi) is 7.50. The normalized spacial score (nSPS) is 13.3. The first-order valence-corrected chi connectivity index (χ1v) is 14.7. The van der Waals surface area contributed by atoms with Crippen LogP contribution < -0.4 is 10.9 Å². The molecule has 7 nitrogen and oxygen atoms in total. The maximum Gasteiger partial charge on any atom is 0.341 e. The van der Waals surface area contributed by atoms with Gasteiger partial charge in [-0.05, 0) is 62.8 Å². The summed E-state index contributed by atoms with van der Waals surface area (Å²) in [5.41, 5.74) is 2.97. The molecule has 5 rings (SSSR count). The molecule has 0 saturated carbocycles. The van der Waals surface area contributed by atoms with Crippen LogP contribution in [0, 0.1) is 13.8 Å². The van der Waals surface area contributed by atoms with E-state index in [0.717, 1.165) is 53.0 Å². The zero-order valence-electron chi connectivity index (χ0n) is 20.9. The first-order valence-electron chi connectivity index (χ1n) is 12.1. The number of aryl methyl sites for hydroxylation is 3. The minimum atomic E-state index is -0.421. The number of ether oxygens (including phenoxy) is 1. The molecule has 0 fully saturated rings. The smallest absolute Gasteiger partial charge is 0.341 e. The number of hydrogen-bond donors (Lipinski definition) is 1. The van der Waals surface area contributed by atoms with Gasteiger partial charge in [-0.1, -0.05) is 36.4 Å². The van der Waals surface area contributed by atoms with Crippen LogP contribution in [0.2, 0.25) is 0 Å². The van der Waals surface area contributed by atoms with Crippen LogP contribution in [0.4, 0.5) is 5.00 Å². The standard InChI is InChI=1S/C27H27N3O4S3/c1-15-16(2)36-23-21(15)25(32)30(17-10-6-4-7-11-17)27(29-23)35-14-20(31)28-24-22(26(33)34-3)18-12-8-5-9-13-19(18)37-24/h4,6-7,10-11H,5,8-9,12-14H2,1-3H3,(H,28,31). The number of nitrogens with one attached hydrogen (secondary N) is 1. The van der Waals surface area contributed by atoms with Crippen LogP contribution in [0.25, 0.3) is 15.9 Å². The number of anilines is 1. The maximum atomic E-state index is 13.6. The highest BCUT2D eigenvalue weighted by molar-refractivity contribution is 7.99. The molecule has 192 valence electrons. The van der Waals surface area contributed by atoms with E-state index in [-0.39, 0.29) is 17.2 Å². The summed E-state index contributed by atoms with van der Waals surface area (Å²) in [4.78, 5) is 46.9. The minimum absolute atomic E-state index is 0.0390. The number of methoxy groups -OCH3 is 1. The molecule has 3 heterocycles. The van der Waals surface area contributed by atoms with E-state index in [1.54, 1.807) is 4.57 Å². The number of aromatic nitrogens is 2. The summed E-state index contributed by atoms with van der Waals surface area (Å²) >= 11 is 4.16. The highest BCUT2D eigenvalue weighted by atomic mass is 32.2. The van der Waals surface area contributed by atoms with Gasteiger partial charge < -0.3 is 10.1 Å². The molecule has 0 radical (unpaired) electrons. The first-order chi connectivity index (χ1) is 17.9. The topological polar surface area (TPSA) is 90.3 Å². The number of amides is 1. The Bertz CT molecular complexity index is 1550. The summed E-state index contributed by atoms with van der Waals surface area (Å²) in [7, 11) is 1.36. The average Bonchev–Trinajstić information content (AvgIpc) is 3.27. The van der Waals surface area contributed by atoms with Crippen molar-refractivity contribution in [1.29, 1.82) is 0 Å². The number of carbonyl (C=O) groups excluding carboxylic acids is 2.